The molecule has 0 saturated heterocycles. The van der Waals surface area contributed by atoms with E-state index < -0.39 is 30.1 Å². The van der Waals surface area contributed by atoms with Crippen LogP contribution in [0.15, 0.2) is 18.3 Å². The molecule has 0 spiro atoms. The Kier molecular flexibility index (Phi) is 5.42. The van der Waals surface area contributed by atoms with Gasteiger partial charge in [0.25, 0.3) is 11.8 Å². The zero-order chi connectivity index (χ0) is 22.2. The van der Waals surface area contributed by atoms with Gasteiger partial charge in [0.05, 0.1) is 31.1 Å². The first-order chi connectivity index (χ1) is 14.1. The molecule has 30 heavy (non-hydrogen) atoms. The van der Waals surface area contributed by atoms with Crippen molar-refractivity contribution < 1.29 is 27.5 Å². The Labute approximate surface area is 169 Å². The lowest BCUT2D eigenvalue weighted by Gasteiger charge is -2.23. The molecule has 0 bridgehead atoms. The first-order valence-electron chi connectivity index (χ1n) is 8.81. The lowest BCUT2D eigenvalue weighted by Crippen LogP contribution is -2.46. The van der Waals surface area contributed by atoms with Crippen LogP contribution in [0.5, 0.6) is 5.75 Å². The molecule has 0 fully saturated rings. The van der Waals surface area contributed by atoms with Gasteiger partial charge in [0, 0.05) is 19.7 Å². The van der Waals surface area contributed by atoms with Crippen LogP contribution in [0.1, 0.15) is 17.3 Å². The van der Waals surface area contributed by atoms with Crippen LogP contribution in [0.2, 0.25) is 0 Å². The van der Waals surface area contributed by atoms with E-state index in [0.717, 1.165) is 17.0 Å². The fraction of sp³-hybridized carbons (Fsp3) is 0.333. The van der Waals surface area contributed by atoms with Crippen LogP contribution in [-0.2, 0) is 4.79 Å². The van der Waals surface area contributed by atoms with Gasteiger partial charge in [-0.25, -0.2) is 9.37 Å². The van der Waals surface area contributed by atoms with E-state index in [0.29, 0.717) is 0 Å². The number of aromatic nitrogens is 2. The largest absolute Gasteiger partial charge is 0.495 e. The fourth-order valence-corrected chi connectivity index (χ4v) is 3.02. The molecule has 1 aromatic carbocycles. The third kappa shape index (κ3) is 3.67. The summed E-state index contributed by atoms with van der Waals surface area (Å²) < 4.78 is 47.7. The lowest BCUT2D eigenvalue weighted by atomic mass is 10.1. The van der Waals surface area contributed by atoms with E-state index in [2.05, 4.69) is 15.3 Å². The first kappa shape index (κ1) is 21.1. The van der Waals surface area contributed by atoms with Crippen molar-refractivity contribution in [2.24, 2.45) is 5.73 Å². The topological polar surface area (TPSA) is 114 Å². The van der Waals surface area contributed by atoms with Gasteiger partial charge >= 0.3 is 5.92 Å². The number of anilines is 4. The molecule has 2 aromatic rings. The number of rotatable bonds is 5. The van der Waals surface area contributed by atoms with Gasteiger partial charge in [-0.3, -0.25) is 9.59 Å². The van der Waals surface area contributed by atoms with Crippen molar-refractivity contribution in [3.8, 4) is 5.75 Å². The highest BCUT2D eigenvalue weighted by molar-refractivity contribution is 6.02. The molecule has 2 amide bonds. The Bertz CT molecular complexity index is 1020. The smallest absolute Gasteiger partial charge is 0.342 e. The molecule has 1 aromatic heterocycles. The van der Waals surface area contributed by atoms with Crippen LogP contribution in [0.4, 0.5) is 36.3 Å². The average molecular weight is 424 g/mol. The molecule has 2 heterocycles. The molecule has 3 rings (SSSR count). The molecule has 9 nitrogen and oxygen atoms in total. The van der Waals surface area contributed by atoms with Crippen molar-refractivity contribution in [3.05, 3.63) is 29.7 Å². The molecule has 1 aliphatic rings. The van der Waals surface area contributed by atoms with E-state index in [4.69, 9.17) is 10.5 Å². The molecule has 0 aliphatic carbocycles. The highest BCUT2D eigenvalue weighted by atomic mass is 19.3. The van der Waals surface area contributed by atoms with Crippen LogP contribution >= 0.6 is 0 Å². The third-order valence-electron chi connectivity index (χ3n) is 4.60. The predicted molar refractivity (Wildman–Crippen MR) is 103 cm³/mol. The van der Waals surface area contributed by atoms with Gasteiger partial charge < -0.3 is 25.6 Å². The van der Waals surface area contributed by atoms with Gasteiger partial charge in [-0.15, -0.1) is 0 Å². The Morgan fingerprint density at radius 3 is 2.70 bits per heavy atom. The van der Waals surface area contributed by atoms with Gasteiger partial charge in [-0.05, 0) is 13.0 Å². The molecular formula is C18H19F3N6O3. The van der Waals surface area contributed by atoms with E-state index in [1.54, 1.807) is 6.92 Å². The summed E-state index contributed by atoms with van der Waals surface area (Å²) in [6.45, 7) is 0.957. The Balaban J connectivity index is 2.03. The summed E-state index contributed by atoms with van der Waals surface area (Å²) in [5.74, 6) is -6.68. The standard InChI is InChI=1S/C18H19F3N6O3/c1-4-27-8-18(20,21)16(29)26(2)12-7-23-17(25-15(12)27)24-11-6-10(19)9(14(22)28)5-13(11)30-3/h5-7H,4,8H2,1-3H3,(H2,22,28)(H,23,24,25). The second-order valence-corrected chi connectivity index (χ2v) is 6.51. The molecule has 0 saturated carbocycles. The number of halogens is 3. The number of fused-ring (bicyclic) bond motifs is 1. The Morgan fingerprint density at radius 1 is 1.40 bits per heavy atom. The van der Waals surface area contributed by atoms with Gasteiger partial charge in [-0.2, -0.15) is 13.8 Å². The SMILES string of the molecule is CCN1CC(F)(F)C(=O)N(C)c2cnc(Nc3cc(F)c(C(N)=O)cc3OC)nc21. The van der Waals surface area contributed by atoms with E-state index in [9.17, 15) is 22.8 Å². The summed E-state index contributed by atoms with van der Waals surface area (Å²) in [5.41, 5.74) is 4.96. The Morgan fingerprint density at radius 2 is 2.10 bits per heavy atom. The summed E-state index contributed by atoms with van der Waals surface area (Å²) in [7, 11) is 2.52. The maximum absolute atomic E-state index is 14.2. The number of nitrogens with one attached hydrogen (secondary N) is 1. The normalized spacial score (nSPS) is 15.5. The summed E-state index contributed by atoms with van der Waals surface area (Å²) in [4.78, 5) is 33.7. The Hall–Kier alpha value is -3.57. The maximum atomic E-state index is 14.2. The molecule has 3 N–H and O–H groups in total. The second-order valence-electron chi connectivity index (χ2n) is 6.51. The highest BCUT2D eigenvalue weighted by Crippen LogP contribution is 2.36. The van der Waals surface area contributed by atoms with Crippen LogP contribution in [0.25, 0.3) is 0 Å². The van der Waals surface area contributed by atoms with E-state index in [1.807, 2.05) is 0 Å². The van der Waals surface area contributed by atoms with Crippen LogP contribution in [0.3, 0.4) is 0 Å². The quantitative estimate of drug-likeness (QED) is 0.754. The molecule has 0 unspecified atom stereocenters. The number of amides is 2. The zero-order valence-corrected chi connectivity index (χ0v) is 16.4. The summed E-state index contributed by atoms with van der Waals surface area (Å²) in [6.07, 6.45) is 1.22. The number of carbonyl (C=O) groups is 2. The number of hydrogen-bond donors (Lipinski definition) is 2. The van der Waals surface area contributed by atoms with E-state index in [-0.39, 0.29) is 41.0 Å². The minimum absolute atomic E-state index is 0.0530. The first-order valence-corrected chi connectivity index (χ1v) is 8.81. The summed E-state index contributed by atoms with van der Waals surface area (Å²) in [6, 6.07) is 2.10. The number of nitrogens with zero attached hydrogens (tertiary/aromatic N) is 4. The summed E-state index contributed by atoms with van der Waals surface area (Å²) in [5, 5.41) is 2.74. The number of benzene rings is 1. The minimum Gasteiger partial charge on any atom is -0.495 e. The molecule has 12 heteroatoms. The van der Waals surface area contributed by atoms with Crippen molar-refractivity contribution in [2.45, 2.75) is 12.8 Å². The van der Waals surface area contributed by atoms with Gasteiger partial charge in [0.15, 0.2) is 5.82 Å². The lowest BCUT2D eigenvalue weighted by molar-refractivity contribution is -0.140. The van der Waals surface area contributed by atoms with Crippen molar-refractivity contribution >= 4 is 35.0 Å². The fourth-order valence-electron chi connectivity index (χ4n) is 3.02. The van der Waals surface area contributed by atoms with E-state index in [1.165, 1.54) is 25.3 Å². The third-order valence-corrected chi connectivity index (χ3v) is 4.60. The number of ether oxygens (including phenoxy) is 1. The van der Waals surface area contributed by atoms with Crippen molar-refractivity contribution in [2.75, 3.05) is 42.4 Å². The van der Waals surface area contributed by atoms with Crippen LogP contribution < -0.4 is 25.6 Å². The molecule has 0 atom stereocenters. The zero-order valence-electron chi connectivity index (χ0n) is 16.4. The van der Waals surface area contributed by atoms with Gasteiger partial charge in [-0.1, -0.05) is 0 Å². The van der Waals surface area contributed by atoms with Crippen LogP contribution in [-0.4, -0.2) is 55.0 Å². The van der Waals surface area contributed by atoms with Gasteiger partial charge in [0.2, 0.25) is 5.95 Å². The summed E-state index contributed by atoms with van der Waals surface area (Å²) >= 11 is 0. The van der Waals surface area contributed by atoms with E-state index >= 15 is 0 Å². The monoisotopic (exact) mass is 424 g/mol. The maximum Gasteiger partial charge on any atom is 0.342 e. The van der Waals surface area contributed by atoms with Crippen molar-refractivity contribution in [3.63, 3.8) is 0 Å². The predicted octanol–water partition coefficient (Wildman–Crippen LogP) is 1.90. The minimum atomic E-state index is -3.60. The number of nitrogens with two attached hydrogens (primary N) is 1. The number of methoxy groups -OCH3 is 1. The van der Waals surface area contributed by atoms with Crippen LogP contribution in [0, 0.1) is 5.82 Å². The van der Waals surface area contributed by atoms with Gasteiger partial charge in [0.1, 0.15) is 17.3 Å². The number of hydrogen-bond acceptors (Lipinski definition) is 7. The van der Waals surface area contributed by atoms with Crippen molar-refractivity contribution in [1.29, 1.82) is 0 Å². The molecule has 160 valence electrons. The number of primary amides is 1. The molecule has 1 aliphatic heterocycles. The number of carbonyl (C=O) groups excluding carboxylic acids is 2. The van der Waals surface area contributed by atoms with Crippen molar-refractivity contribution in [1.82, 2.24) is 9.97 Å². The second kappa shape index (κ2) is 7.69. The highest BCUT2D eigenvalue weighted by Gasteiger charge is 2.46. The number of alkyl halides is 2. The molecular weight excluding hydrogens is 405 g/mol. The average Bonchev–Trinajstić information content (AvgIpc) is 2.77. The molecule has 0 radical (unpaired) electrons.